The third-order valence-corrected chi connectivity index (χ3v) is 3.34. The Morgan fingerprint density at radius 2 is 1.91 bits per heavy atom. The molecule has 118 valence electrons. The van der Waals surface area contributed by atoms with Gasteiger partial charge in [-0.05, 0) is 18.6 Å². The van der Waals surface area contributed by atoms with Crippen LogP contribution in [-0.2, 0) is 23.8 Å². The minimum atomic E-state index is -0.677. The smallest absolute Gasteiger partial charge is 0.355 e. The Morgan fingerprint density at radius 3 is 2.50 bits per heavy atom. The summed E-state index contributed by atoms with van der Waals surface area (Å²) in [7, 11) is 2.45. The number of aryl methyl sites for hydroxylation is 1. The van der Waals surface area contributed by atoms with E-state index in [4.69, 9.17) is 9.47 Å². The Morgan fingerprint density at radius 1 is 1.23 bits per heavy atom. The zero-order chi connectivity index (χ0) is 16.3. The zero-order valence-electron chi connectivity index (χ0n) is 12.6. The van der Waals surface area contributed by atoms with Gasteiger partial charge in [-0.3, -0.25) is 0 Å². The summed E-state index contributed by atoms with van der Waals surface area (Å²) in [6, 6.07) is 4.90. The van der Waals surface area contributed by atoms with Crippen LogP contribution in [0.25, 0.3) is 0 Å². The van der Waals surface area contributed by atoms with Crippen LogP contribution in [0.4, 0.5) is 5.69 Å². The maximum atomic E-state index is 12.1. The van der Waals surface area contributed by atoms with Crippen LogP contribution >= 0.6 is 0 Å². The highest BCUT2D eigenvalue weighted by Gasteiger charge is 2.32. The molecule has 1 aromatic carbocycles. The molecule has 0 fully saturated rings. The number of nitrogens with zero attached hydrogens (tertiary/aromatic N) is 1. The first-order valence-corrected chi connectivity index (χ1v) is 6.54. The molecule has 2 rings (SSSR count). The van der Waals surface area contributed by atoms with Crippen LogP contribution in [-0.4, -0.2) is 44.6 Å². The Bertz CT molecular complexity index is 637. The van der Waals surface area contributed by atoms with Gasteiger partial charge in [-0.1, -0.05) is 6.07 Å². The highest BCUT2D eigenvalue weighted by atomic mass is 16.5. The number of ether oxygens (including phenoxy) is 3. The summed E-state index contributed by atoms with van der Waals surface area (Å²) < 4.78 is 14.8. The molecule has 0 unspecified atom stereocenters. The molecule has 22 heavy (non-hydrogen) atoms. The van der Waals surface area contributed by atoms with Crippen molar-refractivity contribution in [3.63, 3.8) is 0 Å². The highest BCUT2D eigenvalue weighted by molar-refractivity contribution is 6.03. The van der Waals surface area contributed by atoms with Gasteiger partial charge < -0.3 is 24.2 Å². The first-order chi connectivity index (χ1) is 10.5. The quantitative estimate of drug-likeness (QED) is 0.837. The van der Waals surface area contributed by atoms with E-state index >= 15 is 0 Å². The molecule has 0 amide bonds. The number of phenols is 1. The van der Waals surface area contributed by atoms with Crippen molar-refractivity contribution in [1.82, 2.24) is 0 Å². The fraction of sp³-hybridized carbons (Fsp3) is 0.333. The van der Waals surface area contributed by atoms with Crippen LogP contribution in [0, 0.1) is 6.92 Å². The second-order valence-corrected chi connectivity index (χ2v) is 4.69. The summed E-state index contributed by atoms with van der Waals surface area (Å²) in [5.74, 6) is -1.27. The van der Waals surface area contributed by atoms with Crippen molar-refractivity contribution in [2.75, 3.05) is 32.5 Å². The van der Waals surface area contributed by atoms with Crippen molar-refractivity contribution in [3.8, 4) is 5.75 Å². The molecule has 7 heteroatoms. The van der Waals surface area contributed by atoms with Gasteiger partial charge in [0.1, 0.15) is 18.2 Å². The molecule has 0 radical (unpaired) electrons. The lowest BCUT2D eigenvalue weighted by Gasteiger charge is -2.31. The third-order valence-electron chi connectivity index (χ3n) is 3.34. The SMILES string of the molecule is COC(=O)C1=C(C(=O)OC)N(c2ccc(C)c(O)c2)COC1. The maximum absolute atomic E-state index is 12.1. The van der Waals surface area contributed by atoms with Gasteiger partial charge in [0.05, 0.1) is 26.4 Å². The van der Waals surface area contributed by atoms with E-state index in [1.807, 2.05) is 0 Å². The molecule has 0 saturated heterocycles. The van der Waals surface area contributed by atoms with E-state index in [9.17, 15) is 14.7 Å². The van der Waals surface area contributed by atoms with Crippen LogP contribution < -0.4 is 4.90 Å². The van der Waals surface area contributed by atoms with E-state index in [-0.39, 0.29) is 30.4 Å². The molecule has 1 aromatic rings. The van der Waals surface area contributed by atoms with E-state index in [0.717, 1.165) is 0 Å². The van der Waals surface area contributed by atoms with Gasteiger partial charge in [-0.25, -0.2) is 9.59 Å². The average Bonchev–Trinajstić information content (AvgIpc) is 2.55. The largest absolute Gasteiger partial charge is 0.508 e. The van der Waals surface area contributed by atoms with Crippen molar-refractivity contribution < 1.29 is 28.9 Å². The summed E-state index contributed by atoms with van der Waals surface area (Å²) >= 11 is 0. The summed E-state index contributed by atoms with van der Waals surface area (Å²) in [6.07, 6.45) is 0. The molecule has 1 N–H and O–H groups in total. The Kier molecular flexibility index (Phi) is 4.67. The van der Waals surface area contributed by atoms with Crippen LogP contribution in [0.1, 0.15) is 5.56 Å². The first kappa shape index (κ1) is 15.8. The molecule has 0 aliphatic carbocycles. The zero-order valence-corrected chi connectivity index (χ0v) is 12.6. The van der Waals surface area contributed by atoms with E-state index < -0.39 is 11.9 Å². The molecular weight excluding hydrogens is 290 g/mol. The number of phenolic OH excluding ortho intramolecular Hbond substituents is 1. The molecule has 0 bridgehead atoms. The van der Waals surface area contributed by atoms with Crippen molar-refractivity contribution in [2.24, 2.45) is 0 Å². The number of carbonyl (C=O) groups is 2. The van der Waals surface area contributed by atoms with Crippen LogP contribution in [0.15, 0.2) is 29.5 Å². The van der Waals surface area contributed by atoms with Gasteiger partial charge in [0.2, 0.25) is 0 Å². The molecule has 1 heterocycles. The van der Waals surface area contributed by atoms with Gasteiger partial charge in [0, 0.05) is 11.8 Å². The number of rotatable bonds is 3. The number of hydrogen-bond donors (Lipinski definition) is 1. The highest BCUT2D eigenvalue weighted by Crippen LogP contribution is 2.30. The van der Waals surface area contributed by atoms with Crippen molar-refractivity contribution in [1.29, 1.82) is 0 Å². The fourth-order valence-corrected chi connectivity index (χ4v) is 2.11. The van der Waals surface area contributed by atoms with Crippen molar-refractivity contribution >= 4 is 17.6 Å². The normalized spacial score (nSPS) is 14.8. The van der Waals surface area contributed by atoms with Crippen LogP contribution in [0.2, 0.25) is 0 Å². The lowest BCUT2D eigenvalue weighted by Crippen LogP contribution is -2.38. The molecule has 7 nitrogen and oxygen atoms in total. The molecule has 1 aliphatic rings. The molecule has 1 aliphatic heterocycles. The lowest BCUT2D eigenvalue weighted by atomic mass is 10.1. The minimum Gasteiger partial charge on any atom is -0.508 e. The van der Waals surface area contributed by atoms with Gasteiger partial charge in [0.25, 0.3) is 0 Å². The summed E-state index contributed by atoms with van der Waals surface area (Å²) in [4.78, 5) is 25.4. The maximum Gasteiger partial charge on any atom is 0.355 e. The molecule has 0 spiro atoms. The molecule has 0 aromatic heterocycles. The summed E-state index contributed by atoms with van der Waals surface area (Å²) in [5.41, 5.74) is 1.31. The molecule has 0 saturated carbocycles. The monoisotopic (exact) mass is 307 g/mol. The molecule has 0 atom stereocenters. The van der Waals surface area contributed by atoms with E-state index in [0.29, 0.717) is 11.3 Å². The standard InChI is InChI=1S/C15H17NO6/c1-9-4-5-10(6-12(9)17)16-8-22-7-11(14(18)20-2)13(16)15(19)21-3/h4-6,17H,7-8H2,1-3H3. The predicted octanol–water partition coefficient (Wildman–Crippen LogP) is 1.09. The number of anilines is 1. The van der Waals surface area contributed by atoms with Gasteiger partial charge >= 0.3 is 11.9 Å². The van der Waals surface area contributed by atoms with Gasteiger partial charge in [-0.2, -0.15) is 0 Å². The first-order valence-electron chi connectivity index (χ1n) is 6.54. The Labute approximate surface area is 127 Å². The Hall–Kier alpha value is -2.54. The number of hydrogen-bond acceptors (Lipinski definition) is 7. The van der Waals surface area contributed by atoms with E-state index in [1.165, 1.54) is 25.2 Å². The van der Waals surface area contributed by atoms with Crippen molar-refractivity contribution in [3.05, 3.63) is 35.0 Å². The number of benzene rings is 1. The van der Waals surface area contributed by atoms with Crippen molar-refractivity contribution in [2.45, 2.75) is 6.92 Å². The van der Waals surface area contributed by atoms with Crippen LogP contribution in [0.5, 0.6) is 5.75 Å². The topological polar surface area (TPSA) is 85.3 Å². The summed E-state index contributed by atoms with van der Waals surface area (Å²) in [5, 5.41) is 9.84. The third kappa shape index (κ3) is 2.89. The number of aromatic hydroxyl groups is 1. The van der Waals surface area contributed by atoms with Crippen LogP contribution in [0.3, 0.4) is 0 Å². The lowest BCUT2D eigenvalue weighted by molar-refractivity contribution is -0.140. The van der Waals surface area contributed by atoms with Gasteiger partial charge in [-0.15, -0.1) is 0 Å². The summed E-state index contributed by atoms with van der Waals surface area (Å²) in [6.45, 7) is 1.75. The number of methoxy groups -OCH3 is 2. The van der Waals surface area contributed by atoms with E-state index in [1.54, 1.807) is 19.1 Å². The second-order valence-electron chi connectivity index (χ2n) is 4.69. The predicted molar refractivity (Wildman–Crippen MR) is 77.2 cm³/mol. The number of carbonyl (C=O) groups excluding carboxylic acids is 2. The fourth-order valence-electron chi connectivity index (χ4n) is 2.11. The molecular formula is C15H17NO6. The second kappa shape index (κ2) is 6.48. The van der Waals surface area contributed by atoms with E-state index in [2.05, 4.69) is 4.74 Å². The number of esters is 2. The minimum absolute atomic E-state index is 0.0452. The Balaban J connectivity index is 2.54. The van der Waals surface area contributed by atoms with Gasteiger partial charge in [0.15, 0.2) is 0 Å². The average molecular weight is 307 g/mol.